The second-order valence-corrected chi connectivity index (χ2v) is 3.78. The van der Waals surface area contributed by atoms with Crippen LogP contribution >= 0.6 is 0 Å². The topological polar surface area (TPSA) is 61.9 Å². The summed E-state index contributed by atoms with van der Waals surface area (Å²) in [4.78, 5) is 19.1. The number of carbonyl (C=O) groups excluding carboxylic acids is 1. The van der Waals surface area contributed by atoms with Crippen molar-refractivity contribution >= 4 is 11.9 Å². The first-order valence-corrected chi connectivity index (χ1v) is 5.38. The number of aliphatic imine (C=N–C) groups is 1. The highest BCUT2D eigenvalue weighted by atomic mass is 16.2. The van der Waals surface area contributed by atoms with Gasteiger partial charge in [-0.2, -0.15) is 0 Å². The van der Waals surface area contributed by atoms with Crippen molar-refractivity contribution in [3.63, 3.8) is 0 Å². The highest BCUT2D eigenvalue weighted by Crippen LogP contribution is 2.04. The minimum atomic E-state index is 0.142. The second-order valence-electron chi connectivity index (χ2n) is 3.78. The number of rotatable bonds is 0. The maximum Gasteiger partial charge on any atom is 0.219 e. The molecular weight excluding hydrogens is 192 g/mol. The van der Waals surface area contributed by atoms with E-state index in [2.05, 4.69) is 4.99 Å². The molecule has 0 radical (unpaired) electrons. The highest BCUT2D eigenvalue weighted by Gasteiger charge is 2.15. The van der Waals surface area contributed by atoms with E-state index < -0.39 is 0 Å². The molecule has 2 N–H and O–H groups in total. The summed E-state index contributed by atoms with van der Waals surface area (Å²) in [6.45, 7) is 4.94. The minimum absolute atomic E-state index is 0.142. The summed E-state index contributed by atoms with van der Waals surface area (Å²) in [5.74, 6) is 0.712. The van der Waals surface area contributed by atoms with Gasteiger partial charge in [-0.05, 0) is 12.8 Å². The molecule has 0 aromatic heterocycles. The molecule has 0 atom stereocenters. The molecule has 0 spiro atoms. The van der Waals surface area contributed by atoms with Gasteiger partial charge in [0, 0.05) is 40.2 Å². The standard InChI is InChI=1S/C10H20N4O/c1-9(15)13-5-3-4-6-14(8-7-13)10(11)12-2/h3-8H2,1-2H3,(H2,11,12). The zero-order chi connectivity index (χ0) is 11.3. The van der Waals surface area contributed by atoms with E-state index in [1.807, 2.05) is 9.80 Å². The van der Waals surface area contributed by atoms with E-state index in [-0.39, 0.29) is 5.91 Å². The van der Waals surface area contributed by atoms with Crippen LogP contribution in [0.2, 0.25) is 0 Å². The molecule has 5 nitrogen and oxygen atoms in total. The average Bonchev–Trinajstić information content (AvgIpc) is 2.16. The highest BCUT2D eigenvalue weighted by molar-refractivity contribution is 5.78. The Kier molecular flexibility index (Phi) is 4.39. The smallest absolute Gasteiger partial charge is 0.219 e. The largest absolute Gasteiger partial charge is 0.370 e. The van der Waals surface area contributed by atoms with Gasteiger partial charge in [0.25, 0.3) is 0 Å². The molecule has 0 aromatic carbocycles. The number of amides is 1. The van der Waals surface area contributed by atoms with Crippen molar-refractivity contribution in [2.45, 2.75) is 19.8 Å². The molecule has 1 aliphatic heterocycles. The van der Waals surface area contributed by atoms with Crippen LogP contribution < -0.4 is 5.73 Å². The third-order valence-corrected chi connectivity index (χ3v) is 2.74. The van der Waals surface area contributed by atoms with Gasteiger partial charge in [0.2, 0.25) is 5.91 Å². The number of carbonyl (C=O) groups is 1. The molecule has 86 valence electrons. The average molecular weight is 212 g/mol. The van der Waals surface area contributed by atoms with Crippen LogP contribution in [0, 0.1) is 0 Å². The first-order valence-electron chi connectivity index (χ1n) is 5.38. The van der Waals surface area contributed by atoms with Crippen molar-refractivity contribution in [1.82, 2.24) is 9.80 Å². The molecule has 1 rings (SSSR count). The van der Waals surface area contributed by atoms with Gasteiger partial charge in [0.1, 0.15) is 0 Å². The number of hydrogen-bond donors (Lipinski definition) is 1. The molecule has 1 fully saturated rings. The Bertz CT molecular complexity index is 252. The molecule has 1 saturated heterocycles. The summed E-state index contributed by atoms with van der Waals surface area (Å²) in [5.41, 5.74) is 5.76. The van der Waals surface area contributed by atoms with Gasteiger partial charge in [-0.3, -0.25) is 9.79 Å². The van der Waals surface area contributed by atoms with E-state index in [1.54, 1.807) is 14.0 Å². The summed E-state index contributed by atoms with van der Waals surface area (Å²) >= 11 is 0. The van der Waals surface area contributed by atoms with Crippen molar-refractivity contribution in [1.29, 1.82) is 0 Å². The van der Waals surface area contributed by atoms with E-state index >= 15 is 0 Å². The van der Waals surface area contributed by atoms with Gasteiger partial charge in [-0.15, -0.1) is 0 Å². The van der Waals surface area contributed by atoms with Crippen LogP contribution in [0.1, 0.15) is 19.8 Å². The third kappa shape index (κ3) is 3.42. The SMILES string of the molecule is CN=C(N)N1CCCCN(C(C)=O)CC1. The van der Waals surface area contributed by atoms with Gasteiger partial charge >= 0.3 is 0 Å². The Balaban J connectivity index is 2.55. The lowest BCUT2D eigenvalue weighted by Crippen LogP contribution is -2.46. The normalized spacial score (nSPS) is 19.7. The van der Waals surface area contributed by atoms with Crippen molar-refractivity contribution in [3.05, 3.63) is 0 Å². The molecule has 15 heavy (non-hydrogen) atoms. The molecule has 0 aromatic rings. The van der Waals surface area contributed by atoms with Crippen LogP contribution in [0.3, 0.4) is 0 Å². The molecule has 5 heteroatoms. The molecule has 0 saturated carbocycles. The van der Waals surface area contributed by atoms with Crippen LogP contribution in [0.25, 0.3) is 0 Å². The van der Waals surface area contributed by atoms with E-state index in [4.69, 9.17) is 5.73 Å². The zero-order valence-electron chi connectivity index (χ0n) is 9.57. The van der Waals surface area contributed by atoms with Crippen LogP contribution in [0.4, 0.5) is 0 Å². The number of nitrogens with two attached hydrogens (primary N) is 1. The summed E-state index contributed by atoms with van der Waals surface area (Å²) < 4.78 is 0. The molecule has 0 unspecified atom stereocenters. The van der Waals surface area contributed by atoms with Gasteiger partial charge in [-0.25, -0.2) is 0 Å². The fourth-order valence-corrected chi connectivity index (χ4v) is 1.76. The molecule has 1 heterocycles. The van der Waals surface area contributed by atoms with Gasteiger partial charge < -0.3 is 15.5 Å². The molecule has 0 aliphatic carbocycles. The fraction of sp³-hybridized carbons (Fsp3) is 0.800. The number of nitrogens with zero attached hydrogens (tertiary/aromatic N) is 3. The summed E-state index contributed by atoms with van der Waals surface area (Å²) in [7, 11) is 1.69. The molecule has 0 bridgehead atoms. The Morgan fingerprint density at radius 3 is 2.20 bits per heavy atom. The number of hydrogen-bond acceptors (Lipinski definition) is 2. The lowest BCUT2D eigenvalue weighted by atomic mass is 10.2. The van der Waals surface area contributed by atoms with Crippen LogP contribution in [0.5, 0.6) is 0 Å². The summed E-state index contributed by atoms with van der Waals surface area (Å²) in [6.07, 6.45) is 2.09. The molecular formula is C10H20N4O. The maximum absolute atomic E-state index is 11.3. The van der Waals surface area contributed by atoms with Crippen LogP contribution in [0.15, 0.2) is 4.99 Å². The predicted octanol–water partition coefficient (Wildman–Crippen LogP) is -0.125. The second kappa shape index (κ2) is 5.58. The van der Waals surface area contributed by atoms with Crippen molar-refractivity contribution < 1.29 is 4.79 Å². The fourth-order valence-electron chi connectivity index (χ4n) is 1.76. The van der Waals surface area contributed by atoms with Crippen molar-refractivity contribution in [3.8, 4) is 0 Å². The zero-order valence-corrected chi connectivity index (χ0v) is 9.57. The van der Waals surface area contributed by atoms with Gasteiger partial charge in [-0.1, -0.05) is 0 Å². The molecule has 1 amide bonds. The van der Waals surface area contributed by atoms with E-state index in [0.29, 0.717) is 5.96 Å². The van der Waals surface area contributed by atoms with Gasteiger partial charge in [0.05, 0.1) is 0 Å². The number of guanidine groups is 1. The first-order chi connectivity index (χ1) is 7.15. The summed E-state index contributed by atoms with van der Waals surface area (Å²) in [5, 5.41) is 0. The lowest BCUT2D eigenvalue weighted by Gasteiger charge is -2.30. The third-order valence-electron chi connectivity index (χ3n) is 2.74. The maximum atomic E-state index is 11.3. The lowest BCUT2D eigenvalue weighted by molar-refractivity contribution is -0.129. The quantitative estimate of drug-likeness (QED) is 0.449. The minimum Gasteiger partial charge on any atom is -0.370 e. The Hall–Kier alpha value is -1.26. The van der Waals surface area contributed by atoms with E-state index in [0.717, 1.165) is 39.0 Å². The predicted molar refractivity (Wildman–Crippen MR) is 60.6 cm³/mol. The Labute approximate surface area is 90.9 Å². The monoisotopic (exact) mass is 212 g/mol. The molecule has 1 aliphatic rings. The Morgan fingerprint density at radius 1 is 1.13 bits per heavy atom. The Morgan fingerprint density at radius 2 is 1.67 bits per heavy atom. The van der Waals surface area contributed by atoms with Gasteiger partial charge in [0.15, 0.2) is 5.96 Å². The summed E-state index contributed by atoms with van der Waals surface area (Å²) in [6, 6.07) is 0. The van der Waals surface area contributed by atoms with Crippen LogP contribution in [-0.4, -0.2) is 54.9 Å². The van der Waals surface area contributed by atoms with E-state index in [1.165, 1.54) is 0 Å². The first kappa shape index (κ1) is 11.8. The van der Waals surface area contributed by atoms with Crippen molar-refractivity contribution in [2.24, 2.45) is 10.7 Å². The van der Waals surface area contributed by atoms with E-state index in [9.17, 15) is 4.79 Å². The van der Waals surface area contributed by atoms with Crippen molar-refractivity contribution in [2.75, 3.05) is 33.2 Å². The van der Waals surface area contributed by atoms with Crippen LogP contribution in [-0.2, 0) is 4.79 Å².